The number of aliphatic carboxylic acids is 1. The van der Waals surface area contributed by atoms with Crippen molar-refractivity contribution in [2.24, 2.45) is 0 Å². The Morgan fingerprint density at radius 1 is 1.50 bits per heavy atom. The molecule has 1 amide bonds. The molecule has 2 atom stereocenters. The van der Waals surface area contributed by atoms with Crippen molar-refractivity contribution >= 4 is 11.9 Å². The van der Waals surface area contributed by atoms with Crippen molar-refractivity contribution in [3.63, 3.8) is 0 Å². The first-order valence-corrected chi connectivity index (χ1v) is 7.44. The maximum absolute atomic E-state index is 12.4. The van der Waals surface area contributed by atoms with Gasteiger partial charge in [0.25, 0.3) is 5.91 Å². The van der Waals surface area contributed by atoms with Crippen LogP contribution < -0.4 is 5.32 Å². The van der Waals surface area contributed by atoms with Crippen LogP contribution in [-0.2, 0) is 34.0 Å². The van der Waals surface area contributed by atoms with Crippen LogP contribution in [0.4, 0.5) is 0 Å². The summed E-state index contributed by atoms with van der Waals surface area (Å²) in [5, 5.41) is 16.5. The minimum atomic E-state index is -1.00. The summed E-state index contributed by atoms with van der Waals surface area (Å²) in [6.45, 7) is 2.93. The monoisotopic (exact) mass is 308 g/mol. The zero-order chi connectivity index (χ0) is 15.7. The van der Waals surface area contributed by atoms with Crippen LogP contribution in [0.5, 0.6) is 0 Å². The first-order chi connectivity index (χ1) is 10.6. The van der Waals surface area contributed by atoms with E-state index in [4.69, 9.17) is 9.84 Å². The molecule has 1 fully saturated rings. The molecule has 2 aliphatic rings. The Hall–Kier alpha value is -1.93. The Balaban J connectivity index is 1.62. The van der Waals surface area contributed by atoms with Gasteiger partial charge in [0.1, 0.15) is 6.10 Å². The highest BCUT2D eigenvalue weighted by molar-refractivity contribution is 5.82. The molecule has 1 saturated heterocycles. The molecule has 1 aromatic rings. The first-order valence-electron chi connectivity index (χ1n) is 7.44. The van der Waals surface area contributed by atoms with Gasteiger partial charge in [0, 0.05) is 32.2 Å². The normalized spacial score (nSPS) is 24.0. The number of nitrogens with zero attached hydrogens (tertiary/aromatic N) is 3. The number of hydrogen-bond donors (Lipinski definition) is 2. The van der Waals surface area contributed by atoms with E-state index in [2.05, 4.69) is 10.4 Å². The van der Waals surface area contributed by atoms with Crippen LogP contribution in [0, 0.1) is 0 Å². The molecule has 22 heavy (non-hydrogen) atoms. The lowest BCUT2D eigenvalue weighted by Crippen LogP contribution is -2.37. The fourth-order valence-electron chi connectivity index (χ4n) is 2.95. The number of hydrogen-bond acceptors (Lipinski definition) is 5. The number of nitrogens with one attached hydrogen (secondary N) is 1. The second kappa shape index (κ2) is 6.05. The van der Waals surface area contributed by atoms with Gasteiger partial charge in [0.15, 0.2) is 6.10 Å². The molecule has 8 heteroatoms. The van der Waals surface area contributed by atoms with E-state index in [0.717, 1.165) is 30.9 Å². The highest BCUT2D eigenvalue weighted by Crippen LogP contribution is 2.22. The van der Waals surface area contributed by atoms with Gasteiger partial charge in [0.2, 0.25) is 0 Å². The molecule has 0 aromatic carbocycles. The Morgan fingerprint density at radius 3 is 3.00 bits per heavy atom. The van der Waals surface area contributed by atoms with Crippen LogP contribution >= 0.6 is 0 Å². The molecular weight excluding hydrogens is 288 g/mol. The van der Waals surface area contributed by atoms with Crippen molar-refractivity contribution in [1.82, 2.24) is 20.0 Å². The van der Waals surface area contributed by atoms with Gasteiger partial charge < -0.3 is 20.1 Å². The number of carboxylic acids is 1. The van der Waals surface area contributed by atoms with Crippen molar-refractivity contribution in [1.29, 1.82) is 0 Å². The molecule has 0 radical (unpaired) electrons. The Kier molecular flexibility index (Phi) is 4.12. The maximum Gasteiger partial charge on any atom is 0.332 e. The van der Waals surface area contributed by atoms with Gasteiger partial charge in [-0.1, -0.05) is 0 Å². The van der Waals surface area contributed by atoms with Crippen molar-refractivity contribution < 1.29 is 19.4 Å². The summed E-state index contributed by atoms with van der Waals surface area (Å²) in [4.78, 5) is 24.8. The number of rotatable bonds is 4. The Morgan fingerprint density at radius 2 is 2.27 bits per heavy atom. The van der Waals surface area contributed by atoms with Crippen LogP contribution in [0.15, 0.2) is 6.20 Å². The number of carbonyl (C=O) groups is 2. The van der Waals surface area contributed by atoms with Crippen LogP contribution in [0.25, 0.3) is 0 Å². The van der Waals surface area contributed by atoms with Gasteiger partial charge in [-0.15, -0.1) is 0 Å². The van der Waals surface area contributed by atoms with Crippen molar-refractivity contribution in [2.75, 3.05) is 13.6 Å². The molecule has 0 saturated carbocycles. The molecule has 1 aromatic heterocycles. The van der Waals surface area contributed by atoms with E-state index < -0.39 is 18.2 Å². The number of carboxylic acid groups (broad SMARTS) is 1. The summed E-state index contributed by atoms with van der Waals surface area (Å²) in [6.07, 6.45) is 1.11. The molecule has 3 rings (SSSR count). The van der Waals surface area contributed by atoms with Gasteiger partial charge in [-0.25, -0.2) is 4.79 Å². The van der Waals surface area contributed by atoms with E-state index in [1.165, 1.54) is 0 Å². The summed E-state index contributed by atoms with van der Waals surface area (Å²) < 4.78 is 7.27. The van der Waals surface area contributed by atoms with E-state index >= 15 is 0 Å². The molecule has 2 aliphatic heterocycles. The van der Waals surface area contributed by atoms with Crippen LogP contribution in [-0.4, -0.2) is 57.5 Å². The van der Waals surface area contributed by atoms with Gasteiger partial charge in [-0.2, -0.15) is 5.10 Å². The number of ether oxygens (including phenoxy) is 1. The zero-order valence-corrected chi connectivity index (χ0v) is 12.5. The van der Waals surface area contributed by atoms with Crippen LogP contribution in [0.1, 0.15) is 24.1 Å². The van der Waals surface area contributed by atoms with Crippen molar-refractivity contribution in [2.45, 2.75) is 44.7 Å². The molecule has 0 bridgehead atoms. The topological polar surface area (TPSA) is 96.7 Å². The van der Waals surface area contributed by atoms with Crippen molar-refractivity contribution in [3.05, 3.63) is 17.5 Å². The minimum Gasteiger partial charge on any atom is -0.479 e. The fourth-order valence-corrected chi connectivity index (χ4v) is 2.95. The molecule has 120 valence electrons. The predicted molar refractivity (Wildman–Crippen MR) is 75.9 cm³/mol. The molecule has 0 aliphatic carbocycles. The second-order valence-electron chi connectivity index (χ2n) is 5.74. The van der Waals surface area contributed by atoms with Gasteiger partial charge in [-0.05, 0) is 12.8 Å². The molecule has 0 unspecified atom stereocenters. The summed E-state index contributed by atoms with van der Waals surface area (Å²) in [7, 11) is 1.71. The largest absolute Gasteiger partial charge is 0.479 e. The van der Waals surface area contributed by atoms with Crippen LogP contribution in [0.2, 0.25) is 0 Å². The SMILES string of the molecule is CN(Cc1cnn2c1CNCC2)C(=O)[C@H]1CC[C@@H](C(=O)O)O1. The van der Waals surface area contributed by atoms with Crippen molar-refractivity contribution in [3.8, 4) is 0 Å². The predicted octanol–water partition coefficient (Wildman–Crippen LogP) is -0.423. The average Bonchev–Trinajstić information content (AvgIpc) is 3.14. The van der Waals surface area contributed by atoms with Gasteiger partial charge in [0.05, 0.1) is 18.4 Å². The second-order valence-corrected chi connectivity index (χ2v) is 5.74. The van der Waals surface area contributed by atoms with Gasteiger partial charge >= 0.3 is 5.97 Å². The third-order valence-electron chi connectivity index (χ3n) is 4.18. The lowest BCUT2D eigenvalue weighted by atomic mass is 10.1. The summed E-state index contributed by atoms with van der Waals surface area (Å²) >= 11 is 0. The van der Waals surface area contributed by atoms with Crippen LogP contribution in [0.3, 0.4) is 0 Å². The van der Waals surface area contributed by atoms with E-state index in [0.29, 0.717) is 19.4 Å². The number of aromatic nitrogens is 2. The summed E-state index contributed by atoms with van der Waals surface area (Å²) in [5.74, 6) is -1.18. The first kappa shape index (κ1) is 15.0. The van der Waals surface area contributed by atoms with E-state index in [1.807, 2.05) is 4.68 Å². The van der Waals surface area contributed by atoms with E-state index in [-0.39, 0.29) is 5.91 Å². The molecular formula is C14H20N4O4. The number of fused-ring (bicyclic) bond motifs is 1. The number of amides is 1. The van der Waals surface area contributed by atoms with Gasteiger partial charge in [-0.3, -0.25) is 9.48 Å². The molecule has 2 N–H and O–H groups in total. The zero-order valence-electron chi connectivity index (χ0n) is 12.5. The Bertz CT molecular complexity index is 585. The maximum atomic E-state index is 12.4. The summed E-state index contributed by atoms with van der Waals surface area (Å²) in [6, 6.07) is 0. The third-order valence-corrected chi connectivity index (χ3v) is 4.18. The standard InChI is InChI=1S/C14H20N4O4/c1-17(13(19)11-2-3-12(22-11)14(20)21)8-9-6-16-18-5-4-15-7-10(9)18/h6,11-12,15H,2-5,7-8H2,1H3,(H,20,21)/t11-,12+/m1/s1. The van der Waals surface area contributed by atoms with E-state index in [1.54, 1.807) is 18.1 Å². The van der Waals surface area contributed by atoms with E-state index in [9.17, 15) is 9.59 Å². The fraction of sp³-hybridized carbons (Fsp3) is 0.643. The number of likely N-dealkylation sites (N-methyl/N-ethyl adjacent to an activating group) is 1. The lowest BCUT2D eigenvalue weighted by molar-refractivity contribution is -0.154. The smallest absolute Gasteiger partial charge is 0.332 e. The average molecular weight is 308 g/mol. The minimum absolute atomic E-state index is 0.174. The highest BCUT2D eigenvalue weighted by Gasteiger charge is 2.36. The third kappa shape index (κ3) is 2.84. The lowest BCUT2D eigenvalue weighted by Gasteiger charge is -2.22. The molecule has 0 spiro atoms. The number of carbonyl (C=O) groups excluding carboxylic acids is 1. The quantitative estimate of drug-likeness (QED) is 0.784. The summed E-state index contributed by atoms with van der Waals surface area (Å²) in [5.41, 5.74) is 2.11. The molecule has 8 nitrogen and oxygen atoms in total. The molecule has 3 heterocycles. The highest BCUT2D eigenvalue weighted by atomic mass is 16.5. The Labute approximate surface area is 128 Å².